The zero-order chi connectivity index (χ0) is 91.9. The molecule has 3 aliphatic carbocycles. The molecule has 0 N–H and O–H groups in total. The van der Waals surface area contributed by atoms with Crippen molar-refractivity contribution in [1.82, 2.24) is 0 Å². The molecule has 3 nitrogen and oxygen atoms in total. The maximum absolute atomic E-state index is 6.25. The van der Waals surface area contributed by atoms with E-state index in [0.717, 1.165) is 83.0 Å². The minimum absolute atomic E-state index is 0.0674. The molecule has 3 aliphatic rings. The molecule has 3 heteroatoms. The summed E-state index contributed by atoms with van der Waals surface area (Å²) in [6.45, 7) is 22.2. The van der Waals surface area contributed by atoms with Crippen LogP contribution in [0.5, 0.6) is 5.75 Å². The van der Waals surface area contributed by atoms with Gasteiger partial charge in [0, 0.05) is 45.8 Å². The maximum Gasteiger partial charge on any atom is 0.128 e. The third-order valence-electron chi connectivity index (χ3n) is 27.5. The van der Waals surface area contributed by atoms with Crippen LogP contribution in [0.25, 0.3) is 79.3 Å². The minimum Gasteiger partial charge on any atom is -0.496 e. The van der Waals surface area contributed by atoms with Crippen molar-refractivity contribution in [2.24, 2.45) is 0 Å². The molecule has 0 radical (unpaired) electrons. The molecular formula is C131H118N2O. The van der Waals surface area contributed by atoms with Crippen LogP contribution in [0.2, 0.25) is 0 Å². The van der Waals surface area contributed by atoms with Crippen LogP contribution in [0.4, 0.5) is 34.1 Å². The molecule has 0 aliphatic heterocycles. The van der Waals surface area contributed by atoms with Crippen molar-refractivity contribution in [3.05, 3.63) is 527 Å². The smallest absolute Gasteiger partial charge is 0.128 e. The maximum atomic E-state index is 6.25. The number of allylic oxidation sites excluding steroid dienone is 4. The molecule has 0 saturated carbocycles. The number of hydrogen-bond acceptors (Lipinski definition) is 3. The van der Waals surface area contributed by atoms with Crippen molar-refractivity contribution in [3.8, 4) is 16.9 Å². The van der Waals surface area contributed by atoms with Crippen LogP contribution in [0.15, 0.2) is 382 Å². The molecule has 0 unspecified atom stereocenters. The fourth-order valence-corrected chi connectivity index (χ4v) is 20.1. The minimum atomic E-state index is -0.0674. The first kappa shape index (κ1) is 88.4. The van der Waals surface area contributed by atoms with E-state index >= 15 is 0 Å². The SMILES string of the molecule is COc1cc(N(c2ccc(/C=C3\c4ccccc4-c4ccc(Cc5ccccc5)cc43)cc2)c2ccc3c(c2)CCCC3)ccc1/C=C/C=C(c1ccc(C)c2ccccc12)c1ccc(C)c2ccccc12.Cc1ccc(C(=C/C=C/c2ccc(N(c3cc(/C=C(\c4ccc(C)cc4)c4ccc(C)cc4C)cc(C(C)(C)C)c3)c3ccc4c(c3)CCCC4)cc2)c2ccc(C)cc2)cc1. The van der Waals surface area contributed by atoms with Crippen molar-refractivity contribution >= 4 is 102 Å². The van der Waals surface area contributed by atoms with Crippen molar-refractivity contribution in [2.75, 3.05) is 16.9 Å². The lowest BCUT2D eigenvalue weighted by molar-refractivity contribution is 0.414. The Labute approximate surface area is 794 Å². The van der Waals surface area contributed by atoms with Crippen molar-refractivity contribution in [2.45, 2.75) is 132 Å². The summed E-state index contributed by atoms with van der Waals surface area (Å²) in [6.07, 6.45) is 28.5. The van der Waals surface area contributed by atoms with Crippen LogP contribution in [0.3, 0.4) is 0 Å². The fourth-order valence-electron chi connectivity index (χ4n) is 20.1. The first-order chi connectivity index (χ1) is 65.3. The Hall–Kier alpha value is -14.9. The fraction of sp³-hybridized carbons (Fsp3) is 0.160. The number of hydrogen-bond donors (Lipinski definition) is 0. The number of anilines is 6. The number of fused-ring (bicyclic) bond motifs is 7. The number of aryl methyl sites for hydroxylation is 11. The van der Waals surface area contributed by atoms with E-state index in [1.807, 2.05) is 0 Å². The van der Waals surface area contributed by atoms with Crippen LogP contribution in [0.1, 0.15) is 191 Å². The molecule has 0 saturated heterocycles. The Bertz CT molecular complexity index is 7290. The molecular weight excluding hydrogens is 1620 g/mol. The highest BCUT2D eigenvalue weighted by molar-refractivity contribution is 6.08. The molecule has 0 atom stereocenters. The van der Waals surface area contributed by atoms with Crippen molar-refractivity contribution < 1.29 is 4.74 Å². The number of ether oxygens (including phenoxy) is 1. The summed E-state index contributed by atoms with van der Waals surface area (Å²) in [7, 11) is 1.78. The van der Waals surface area contributed by atoms with Gasteiger partial charge in [-0.2, -0.15) is 0 Å². The average Bonchev–Trinajstić information content (AvgIpc) is 1.56. The third kappa shape index (κ3) is 19.4. The molecule has 0 aromatic heterocycles. The molecule has 0 bridgehead atoms. The lowest BCUT2D eigenvalue weighted by atomic mass is 9.84. The van der Waals surface area contributed by atoms with Crippen LogP contribution >= 0.6 is 0 Å². The van der Waals surface area contributed by atoms with Gasteiger partial charge in [-0.05, 0) is 368 Å². The topological polar surface area (TPSA) is 15.7 Å². The first-order valence-corrected chi connectivity index (χ1v) is 48.0. The molecule has 658 valence electrons. The highest BCUT2D eigenvalue weighted by Gasteiger charge is 2.27. The molecule has 0 spiro atoms. The van der Waals surface area contributed by atoms with Gasteiger partial charge in [-0.15, -0.1) is 0 Å². The summed E-state index contributed by atoms with van der Waals surface area (Å²) >= 11 is 0. The van der Waals surface area contributed by atoms with Gasteiger partial charge in [0.1, 0.15) is 5.75 Å². The molecule has 17 aromatic rings. The summed E-state index contributed by atoms with van der Waals surface area (Å²) < 4.78 is 6.25. The Morgan fingerprint density at radius 1 is 0.313 bits per heavy atom. The number of rotatable bonds is 21. The number of nitrogens with zero attached hydrogens (tertiary/aromatic N) is 2. The van der Waals surface area contributed by atoms with Gasteiger partial charge in [-0.3, -0.25) is 0 Å². The van der Waals surface area contributed by atoms with Gasteiger partial charge >= 0.3 is 0 Å². The van der Waals surface area contributed by atoms with E-state index in [4.69, 9.17) is 4.74 Å². The van der Waals surface area contributed by atoms with E-state index in [1.165, 1.54) is 214 Å². The van der Waals surface area contributed by atoms with Gasteiger partial charge in [0.2, 0.25) is 0 Å². The number of methoxy groups -OCH3 is 1. The predicted molar refractivity (Wildman–Crippen MR) is 575 cm³/mol. The standard InChI is InChI=1S/C70H57NO.C61H61N/c1-47-28-39-65(60-23-11-9-21-58(47)60)63(66-40-29-48(2)59-22-10-12-24-61(59)66)27-15-20-53-34-38-57(46-70(53)72-3)71(56-37-33-52-18-7-8-19-54(52)45-56)55-35-30-50(31-36-55)43-68-64-26-14-13-25-62(64)67-41-32-51(44-69(67)68)42-49-16-5-4-6-17-49;1-42-16-25-50(26-17-42)59(51-27-18-43(2)19-28-51)15-11-12-47-23-32-55(33-24-47)62(56-34-31-49-13-9-10-14-53(49)40-56)57-38-48(37-54(41-57)61(6,7)8)39-60(52-29-20-44(3)21-30-52)58-35-22-45(4)36-46(58)5/h4-6,9-17,20-41,43-46H,7-8,18-19,42H2,1-3H3;11-12,15-41H,9-10,13-14H2,1-8H3/b20-15+,68-43+;12-11+,60-39+. The Morgan fingerprint density at radius 3 is 1.35 bits per heavy atom. The summed E-state index contributed by atoms with van der Waals surface area (Å²) in [5.41, 5.74) is 47.4. The molecule has 0 amide bonds. The molecule has 0 fully saturated rings. The normalized spacial score (nSPS) is 13.1. The second-order valence-electron chi connectivity index (χ2n) is 38.1. The summed E-state index contributed by atoms with van der Waals surface area (Å²) in [6, 6.07) is 133. The Morgan fingerprint density at radius 2 is 0.784 bits per heavy atom. The van der Waals surface area contributed by atoms with E-state index in [2.05, 4.69) is 486 Å². The van der Waals surface area contributed by atoms with Gasteiger partial charge in [-0.25, -0.2) is 0 Å². The highest BCUT2D eigenvalue weighted by atomic mass is 16.5. The van der Waals surface area contributed by atoms with E-state index in [1.54, 1.807) is 7.11 Å². The average molecular weight is 1740 g/mol. The van der Waals surface area contributed by atoms with Gasteiger partial charge in [-0.1, -0.05) is 359 Å². The Kier molecular flexibility index (Phi) is 25.9. The van der Waals surface area contributed by atoms with Crippen LogP contribution in [0, 0.1) is 48.5 Å². The van der Waals surface area contributed by atoms with Gasteiger partial charge < -0.3 is 14.5 Å². The molecule has 134 heavy (non-hydrogen) atoms. The van der Waals surface area contributed by atoms with E-state index in [-0.39, 0.29) is 5.41 Å². The van der Waals surface area contributed by atoms with E-state index in [9.17, 15) is 0 Å². The lowest BCUT2D eigenvalue weighted by Crippen LogP contribution is -2.15. The van der Waals surface area contributed by atoms with Crippen LogP contribution in [-0.2, 0) is 37.5 Å². The van der Waals surface area contributed by atoms with E-state index < -0.39 is 0 Å². The van der Waals surface area contributed by atoms with Crippen molar-refractivity contribution in [3.63, 3.8) is 0 Å². The zero-order valence-electron chi connectivity index (χ0n) is 79.3. The summed E-state index contributed by atoms with van der Waals surface area (Å²) in [4.78, 5) is 4.87. The van der Waals surface area contributed by atoms with E-state index in [0.29, 0.717) is 0 Å². The third-order valence-corrected chi connectivity index (χ3v) is 27.5. The first-order valence-electron chi connectivity index (χ1n) is 48.0. The predicted octanol–water partition coefficient (Wildman–Crippen LogP) is 34.9. The molecule has 20 rings (SSSR count). The largest absolute Gasteiger partial charge is 0.496 e. The second-order valence-corrected chi connectivity index (χ2v) is 38.1. The monoisotopic (exact) mass is 1730 g/mol. The number of benzene rings is 17. The molecule has 0 heterocycles. The van der Waals surface area contributed by atoms with Crippen molar-refractivity contribution in [1.29, 1.82) is 0 Å². The van der Waals surface area contributed by atoms with Gasteiger partial charge in [0.05, 0.1) is 7.11 Å². The molecule has 17 aromatic carbocycles. The van der Waals surface area contributed by atoms with Crippen LogP contribution in [-0.4, -0.2) is 7.11 Å². The van der Waals surface area contributed by atoms with Crippen LogP contribution < -0.4 is 14.5 Å². The Balaban J connectivity index is 0.000000175. The van der Waals surface area contributed by atoms with Gasteiger partial charge in [0.15, 0.2) is 0 Å². The highest BCUT2D eigenvalue weighted by Crippen LogP contribution is 2.49. The second kappa shape index (κ2) is 39.3. The zero-order valence-corrected chi connectivity index (χ0v) is 79.3. The van der Waals surface area contributed by atoms with Gasteiger partial charge in [0.25, 0.3) is 0 Å². The summed E-state index contributed by atoms with van der Waals surface area (Å²) in [5, 5.41) is 5.04. The lowest BCUT2D eigenvalue weighted by Gasteiger charge is -2.30. The quantitative estimate of drug-likeness (QED) is 0.0527. The summed E-state index contributed by atoms with van der Waals surface area (Å²) in [5.74, 6) is 0.815.